The zero-order valence-corrected chi connectivity index (χ0v) is 25.4. The van der Waals surface area contributed by atoms with Gasteiger partial charge < -0.3 is 19.5 Å². The fraction of sp³-hybridized carbons (Fsp3) is 0.212. The van der Waals surface area contributed by atoms with E-state index in [4.69, 9.17) is 14.2 Å². The summed E-state index contributed by atoms with van der Waals surface area (Å²) in [6.07, 6.45) is 2.78. The second-order valence-electron chi connectivity index (χ2n) is 10.2. The van der Waals surface area contributed by atoms with E-state index in [1.54, 1.807) is 25.1 Å². The van der Waals surface area contributed by atoms with Crippen molar-refractivity contribution in [3.8, 4) is 22.9 Å². The number of carbonyl (C=O) groups is 1. The van der Waals surface area contributed by atoms with Gasteiger partial charge in [0.05, 0.1) is 25.6 Å². The largest absolute Gasteiger partial charge is 0.493 e. The third-order valence-corrected chi connectivity index (χ3v) is 6.66. The summed E-state index contributed by atoms with van der Waals surface area (Å²) >= 11 is 0. The van der Waals surface area contributed by atoms with Crippen LogP contribution in [-0.2, 0) is 6.54 Å². The molecular weight excluding hydrogens is 586 g/mol. The number of allylic oxidation sites excluding steroid dienone is 1. The highest BCUT2D eigenvalue weighted by atomic mass is 19.1. The van der Waals surface area contributed by atoms with Crippen LogP contribution in [0.2, 0.25) is 0 Å². The van der Waals surface area contributed by atoms with Crippen LogP contribution in [0.25, 0.3) is 11.4 Å². The van der Waals surface area contributed by atoms with E-state index < -0.39 is 28.8 Å². The first kappa shape index (κ1) is 32.4. The van der Waals surface area contributed by atoms with Crippen LogP contribution in [0.3, 0.4) is 0 Å². The number of methoxy groups -OCH3 is 2. The molecule has 1 aromatic heterocycles. The average Bonchev–Trinajstić information content (AvgIpc) is 3.02. The van der Waals surface area contributed by atoms with E-state index in [9.17, 15) is 18.8 Å². The highest BCUT2D eigenvalue weighted by Crippen LogP contribution is 2.39. The van der Waals surface area contributed by atoms with Gasteiger partial charge in [0, 0.05) is 36.1 Å². The Morgan fingerprint density at radius 2 is 1.64 bits per heavy atom. The number of carbonyl (C=O) groups excluding carboxylic acids is 1. The molecule has 4 aromatic rings. The Bertz CT molecular complexity index is 1900. The molecule has 1 amide bonds. The molecule has 0 radical (unpaired) electrons. The number of nitrogens with one attached hydrogen (secondary N) is 1. The number of hydrogen-bond acceptors (Lipinski definition) is 7. The Morgan fingerprint density at radius 3 is 2.22 bits per heavy atom. The summed E-state index contributed by atoms with van der Waals surface area (Å²) < 4.78 is 47.4. The number of nitrogens with zero attached hydrogens (tertiary/aromatic N) is 3. The van der Waals surface area contributed by atoms with Gasteiger partial charge in [0.25, 0.3) is 11.5 Å². The fourth-order valence-corrected chi connectivity index (χ4v) is 4.54. The number of benzene rings is 3. The van der Waals surface area contributed by atoms with Gasteiger partial charge >= 0.3 is 5.69 Å². The monoisotopic (exact) mass is 618 g/mol. The highest BCUT2D eigenvalue weighted by Gasteiger charge is 2.21. The molecular formula is C33H32F2N4O6. The summed E-state index contributed by atoms with van der Waals surface area (Å²) in [5, 5.41) is 2.51. The van der Waals surface area contributed by atoms with Gasteiger partial charge in [-0.05, 0) is 68.1 Å². The highest BCUT2D eigenvalue weighted by molar-refractivity contribution is 6.03. The molecule has 0 aliphatic heterocycles. The molecule has 0 atom stereocenters. The summed E-state index contributed by atoms with van der Waals surface area (Å²) in [4.78, 5) is 43.8. The van der Waals surface area contributed by atoms with Gasteiger partial charge in [0.15, 0.2) is 23.1 Å². The lowest BCUT2D eigenvalue weighted by molar-refractivity contribution is 0.102. The number of aromatic nitrogens is 2. The Hall–Kier alpha value is -5.52. The zero-order valence-electron chi connectivity index (χ0n) is 25.4. The van der Waals surface area contributed by atoms with Crippen molar-refractivity contribution in [2.24, 2.45) is 10.9 Å². The third kappa shape index (κ3) is 7.01. The van der Waals surface area contributed by atoms with E-state index in [0.717, 1.165) is 22.8 Å². The lowest BCUT2D eigenvalue weighted by atomic mass is 10.1. The molecule has 0 fully saturated rings. The Morgan fingerprint density at radius 1 is 0.978 bits per heavy atom. The van der Waals surface area contributed by atoms with Crippen molar-refractivity contribution in [1.82, 2.24) is 9.13 Å². The number of rotatable bonds is 11. The van der Waals surface area contributed by atoms with E-state index in [1.807, 2.05) is 13.8 Å². The van der Waals surface area contributed by atoms with Crippen molar-refractivity contribution in [3.05, 3.63) is 110 Å². The molecule has 0 saturated heterocycles. The number of aliphatic imine (C=N–C) groups is 1. The molecule has 0 spiro atoms. The van der Waals surface area contributed by atoms with Crippen molar-refractivity contribution >= 4 is 29.8 Å². The first-order chi connectivity index (χ1) is 21.5. The van der Waals surface area contributed by atoms with E-state index >= 15 is 4.39 Å². The predicted octanol–water partition coefficient (Wildman–Crippen LogP) is 5.97. The lowest BCUT2D eigenvalue weighted by Crippen LogP contribution is -2.42. The van der Waals surface area contributed by atoms with Crippen LogP contribution in [0.4, 0.5) is 20.2 Å². The molecule has 10 nitrogen and oxygen atoms in total. The van der Waals surface area contributed by atoms with Gasteiger partial charge in [-0.1, -0.05) is 13.8 Å². The standard InChI is InChI=1S/C33H32F2N4O6/c1-7-27(23-15-29(43-5)30(44-6)16-26(23)36-4)45-28-13-10-21(14-25(28)35)37-31(40)24-18-38(17-19(2)3)33(42)39(32(24)41)22-11-8-20(34)9-12-22/h7-16,18-19H,4,17H2,1-3,5-6H3,(H,37,40)/b27-7+. The van der Waals surface area contributed by atoms with Crippen molar-refractivity contribution < 1.29 is 27.8 Å². The van der Waals surface area contributed by atoms with Crippen molar-refractivity contribution in [3.63, 3.8) is 0 Å². The molecule has 3 aromatic carbocycles. The van der Waals surface area contributed by atoms with E-state index in [-0.39, 0.29) is 40.9 Å². The maximum absolute atomic E-state index is 15.3. The minimum Gasteiger partial charge on any atom is -0.493 e. The fourth-order valence-electron chi connectivity index (χ4n) is 4.54. The van der Waals surface area contributed by atoms with Crippen LogP contribution < -0.4 is 30.8 Å². The van der Waals surface area contributed by atoms with Crippen LogP contribution in [0, 0.1) is 17.6 Å². The maximum Gasteiger partial charge on any atom is 0.335 e. The van der Waals surface area contributed by atoms with Crippen LogP contribution in [0.5, 0.6) is 17.2 Å². The number of halogens is 2. The van der Waals surface area contributed by atoms with Crippen molar-refractivity contribution in [1.29, 1.82) is 0 Å². The molecule has 0 unspecified atom stereocenters. The summed E-state index contributed by atoms with van der Waals surface area (Å²) in [5.74, 6) is -1.32. The van der Waals surface area contributed by atoms with Crippen molar-refractivity contribution in [2.45, 2.75) is 27.3 Å². The van der Waals surface area contributed by atoms with E-state index in [2.05, 4.69) is 17.0 Å². The second-order valence-corrected chi connectivity index (χ2v) is 10.2. The first-order valence-corrected chi connectivity index (χ1v) is 13.8. The molecule has 45 heavy (non-hydrogen) atoms. The van der Waals surface area contributed by atoms with Gasteiger partial charge in [-0.2, -0.15) is 0 Å². The predicted molar refractivity (Wildman–Crippen MR) is 168 cm³/mol. The van der Waals surface area contributed by atoms with Gasteiger partial charge in [-0.15, -0.1) is 0 Å². The molecule has 0 aliphatic rings. The lowest BCUT2D eigenvalue weighted by Gasteiger charge is -2.16. The summed E-state index contributed by atoms with van der Waals surface area (Å²) in [6, 6.07) is 11.7. The number of amides is 1. The topological polar surface area (TPSA) is 113 Å². The Labute approximate surface area is 257 Å². The maximum atomic E-state index is 15.3. The molecule has 4 rings (SSSR count). The van der Waals surface area contributed by atoms with Crippen LogP contribution >= 0.6 is 0 Å². The van der Waals surface area contributed by atoms with Crippen LogP contribution in [0.1, 0.15) is 36.7 Å². The normalized spacial score (nSPS) is 11.3. The number of anilines is 1. The van der Waals surface area contributed by atoms with Crippen LogP contribution in [-0.4, -0.2) is 36.0 Å². The molecule has 0 bridgehead atoms. The molecule has 0 aliphatic carbocycles. The third-order valence-electron chi connectivity index (χ3n) is 6.66. The quantitative estimate of drug-likeness (QED) is 0.164. The van der Waals surface area contributed by atoms with Gasteiger partial charge in [0.2, 0.25) is 0 Å². The minimum absolute atomic E-state index is 0.00109. The molecule has 0 saturated carbocycles. The number of ether oxygens (including phenoxy) is 3. The SMILES string of the molecule is C=Nc1cc(OC)c(OC)cc1/C(=C\C)Oc1ccc(NC(=O)c2cn(CC(C)C)c(=O)n(-c3ccc(F)cc3)c2=O)cc1F. The zero-order chi connectivity index (χ0) is 32.8. The summed E-state index contributed by atoms with van der Waals surface area (Å²) in [5.41, 5.74) is -0.964. The Kier molecular flexibility index (Phi) is 9.97. The van der Waals surface area contributed by atoms with Gasteiger partial charge in [-0.25, -0.2) is 18.1 Å². The summed E-state index contributed by atoms with van der Waals surface area (Å²) in [7, 11) is 2.96. The van der Waals surface area contributed by atoms with Gasteiger partial charge in [-0.3, -0.25) is 19.1 Å². The summed E-state index contributed by atoms with van der Waals surface area (Å²) in [6.45, 7) is 9.22. The van der Waals surface area contributed by atoms with Gasteiger partial charge in [0.1, 0.15) is 17.1 Å². The minimum atomic E-state index is -0.913. The average molecular weight is 619 g/mol. The number of hydrogen-bond donors (Lipinski definition) is 1. The molecule has 234 valence electrons. The Balaban J connectivity index is 1.65. The smallest absolute Gasteiger partial charge is 0.335 e. The first-order valence-electron chi connectivity index (χ1n) is 13.8. The molecule has 1 N–H and O–H groups in total. The molecule has 12 heteroatoms. The second kappa shape index (κ2) is 13.8. The van der Waals surface area contributed by atoms with Crippen LogP contribution in [0.15, 0.2) is 81.5 Å². The van der Waals surface area contributed by atoms with E-state index in [0.29, 0.717) is 22.7 Å². The van der Waals surface area contributed by atoms with E-state index in [1.165, 1.54) is 49.2 Å². The van der Waals surface area contributed by atoms with Crippen molar-refractivity contribution in [2.75, 3.05) is 19.5 Å². The molecule has 1 heterocycles.